The van der Waals surface area contributed by atoms with Crippen molar-refractivity contribution in [2.75, 3.05) is 0 Å². The third-order valence-corrected chi connectivity index (χ3v) is 2.27. The topological polar surface area (TPSA) is 66.4 Å². The molecule has 0 spiro atoms. The van der Waals surface area contributed by atoms with Crippen molar-refractivity contribution in [3.05, 3.63) is 35.4 Å². The molecule has 0 saturated carbocycles. The van der Waals surface area contributed by atoms with Gasteiger partial charge in [0, 0.05) is 0 Å². The molecule has 86 valence electrons. The van der Waals surface area contributed by atoms with Crippen LogP contribution in [0.4, 0.5) is 0 Å². The summed E-state index contributed by atoms with van der Waals surface area (Å²) in [4.78, 5) is 21.2. The standard InChI is InChI=1S/C11H11BrO4/c1-7(12)11(15)16-6-8-2-4-9(5-3-8)10(13)14/h2-5,7H,6H2,1H3,(H,13,14)/p-1. The van der Waals surface area contributed by atoms with Gasteiger partial charge in [-0.05, 0) is 18.1 Å². The van der Waals surface area contributed by atoms with E-state index in [1.807, 2.05) is 0 Å². The lowest BCUT2D eigenvalue weighted by atomic mass is 10.1. The molecule has 0 radical (unpaired) electrons. The summed E-state index contributed by atoms with van der Waals surface area (Å²) in [6.45, 7) is 1.80. The normalized spacial score (nSPS) is 11.9. The van der Waals surface area contributed by atoms with Crippen molar-refractivity contribution in [2.24, 2.45) is 0 Å². The van der Waals surface area contributed by atoms with Crippen LogP contribution in [0, 0.1) is 0 Å². The van der Waals surface area contributed by atoms with Gasteiger partial charge >= 0.3 is 5.97 Å². The van der Waals surface area contributed by atoms with Gasteiger partial charge in [-0.3, -0.25) is 4.79 Å². The Hall–Kier alpha value is -1.36. The highest BCUT2D eigenvalue weighted by Gasteiger charge is 2.09. The monoisotopic (exact) mass is 285 g/mol. The number of alkyl halides is 1. The lowest BCUT2D eigenvalue weighted by Crippen LogP contribution is -2.22. The van der Waals surface area contributed by atoms with Gasteiger partial charge < -0.3 is 14.6 Å². The summed E-state index contributed by atoms with van der Waals surface area (Å²) in [7, 11) is 0. The quantitative estimate of drug-likeness (QED) is 0.608. The maximum absolute atomic E-state index is 11.1. The van der Waals surface area contributed by atoms with Crippen molar-refractivity contribution in [1.82, 2.24) is 0 Å². The third kappa shape index (κ3) is 3.66. The Balaban J connectivity index is 2.56. The summed E-state index contributed by atoms with van der Waals surface area (Å²) in [5.74, 6) is -1.58. The van der Waals surface area contributed by atoms with Gasteiger partial charge in [-0.25, -0.2) is 0 Å². The molecule has 5 heteroatoms. The second-order valence-corrected chi connectivity index (χ2v) is 4.58. The number of hydrogen-bond donors (Lipinski definition) is 0. The molecule has 0 aliphatic heterocycles. The molecule has 16 heavy (non-hydrogen) atoms. The molecule has 1 rings (SSSR count). The molecule has 4 nitrogen and oxygen atoms in total. The smallest absolute Gasteiger partial charge is 0.319 e. The van der Waals surface area contributed by atoms with Gasteiger partial charge in [0.2, 0.25) is 0 Å². The first-order chi connectivity index (χ1) is 7.50. The number of hydrogen-bond acceptors (Lipinski definition) is 4. The van der Waals surface area contributed by atoms with E-state index in [1.165, 1.54) is 12.1 Å². The summed E-state index contributed by atoms with van der Waals surface area (Å²) < 4.78 is 4.94. The molecule has 1 atom stereocenters. The zero-order valence-electron chi connectivity index (χ0n) is 8.60. The highest BCUT2D eigenvalue weighted by Crippen LogP contribution is 2.07. The van der Waals surface area contributed by atoms with Gasteiger partial charge in [0.15, 0.2) is 0 Å². The molecule has 0 heterocycles. The van der Waals surface area contributed by atoms with E-state index >= 15 is 0 Å². The maximum Gasteiger partial charge on any atom is 0.319 e. The lowest BCUT2D eigenvalue weighted by molar-refractivity contribution is -0.255. The van der Waals surface area contributed by atoms with Crippen LogP contribution in [0.15, 0.2) is 24.3 Å². The first-order valence-corrected chi connectivity index (χ1v) is 5.53. The molecular weight excluding hydrogens is 276 g/mol. The Morgan fingerprint density at radius 1 is 1.38 bits per heavy atom. The largest absolute Gasteiger partial charge is 0.545 e. The molecule has 1 aromatic carbocycles. The number of ether oxygens (including phenoxy) is 1. The van der Waals surface area contributed by atoms with Crippen molar-refractivity contribution in [3.8, 4) is 0 Å². The molecule has 0 amide bonds. The predicted octanol–water partition coefficient (Wildman–Crippen LogP) is 0.877. The fraction of sp³-hybridized carbons (Fsp3) is 0.273. The number of carbonyl (C=O) groups is 2. The number of carbonyl (C=O) groups excluding carboxylic acids is 2. The highest BCUT2D eigenvalue weighted by atomic mass is 79.9. The molecule has 0 fully saturated rings. The van der Waals surface area contributed by atoms with Gasteiger partial charge in [0.05, 0.1) is 5.97 Å². The number of rotatable bonds is 4. The number of aromatic carboxylic acids is 1. The first-order valence-electron chi connectivity index (χ1n) is 4.61. The Bertz CT molecular complexity index is 383. The average molecular weight is 286 g/mol. The lowest BCUT2D eigenvalue weighted by Gasteiger charge is -2.07. The van der Waals surface area contributed by atoms with Crippen molar-refractivity contribution < 1.29 is 19.4 Å². The van der Waals surface area contributed by atoms with Crippen LogP contribution in [-0.4, -0.2) is 16.8 Å². The first kappa shape index (κ1) is 12.7. The van der Waals surface area contributed by atoms with Gasteiger partial charge in [0.1, 0.15) is 11.4 Å². The van der Waals surface area contributed by atoms with E-state index in [1.54, 1.807) is 19.1 Å². The van der Waals surface area contributed by atoms with Crippen molar-refractivity contribution in [1.29, 1.82) is 0 Å². The molecule has 1 unspecified atom stereocenters. The second-order valence-electron chi connectivity index (χ2n) is 3.21. The molecular formula is C11H10BrO4-. The molecule has 0 saturated heterocycles. The average Bonchev–Trinajstić information content (AvgIpc) is 2.26. The molecule has 0 aliphatic carbocycles. The Labute approximate surface area is 101 Å². The van der Waals surface area contributed by atoms with Crippen LogP contribution in [-0.2, 0) is 16.1 Å². The summed E-state index contributed by atoms with van der Waals surface area (Å²) in [6, 6.07) is 5.99. The number of esters is 1. The van der Waals surface area contributed by atoms with E-state index in [4.69, 9.17) is 4.74 Å². The molecule has 0 bridgehead atoms. The van der Waals surface area contributed by atoms with Crippen molar-refractivity contribution in [2.45, 2.75) is 18.4 Å². The van der Waals surface area contributed by atoms with Crippen LogP contribution >= 0.6 is 15.9 Å². The van der Waals surface area contributed by atoms with Crippen LogP contribution in [0.1, 0.15) is 22.8 Å². The van der Waals surface area contributed by atoms with Crippen LogP contribution in [0.25, 0.3) is 0 Å². The molecule has 0 aliphatic rings. The van der Waals surface area contributed by atoms with Crippen LogP contribution in [0.5, 0.6) is 0 Å². The summed E-state index contributed by atoms with van der Waals surface area (Å²) >= 11 is 3.08. The fourth-order valence-corrected chi connectivity index (χ4v) is 1.14. The minimum atomic E-state index is -1.22. The van der Waals surface area contributed by atoms with Gasteiger partial charge in [-0.1, -0.05) is 40.2 Å². The Morgan fingerprint density at radius 2 is 1.94 bits per heavy atom. The van der Waals surface area contributed by atoms with E-state index in [0.717, 1.165) is 5.56 Å². The number of carboxylic acid groups (broad SMARTS) is 1. The predicted molar refractivity (Wildman–Crippen MR) is 59.0 cm³/mol. The van der Waals surface area contributed by atoms with E-state index in [9.17, 15) is 14.7 Å². The summed E-state index contributed by atoms with van der Waals surface area (Å²) in [6.07, 6.45) is 0. The Morgan fingerprint density at radius 3 is 2.38 bits per heavy atom. The number of benzene rings is 1. The summed E-state index contributed by atoms with van der Waals surface area (Å²) in [5, 5.41) is 10.5. The maximum atomic E-state index is 11.1. The zero-order chi connectivity index (χ0) is 12.1. The minimum absolute atomic E-state index is 0.101. The molecule has 0 N–H and O–H groups in total. The number of halogens is 1. The molecule has 1 aromatic rings. The SMILES string of the molecule is CC(Br)C(=O)OCc1ccc(C(=O)[O-])cc1. The van der Waals surface area contributed by atoms with Crippen LogP contribution in [0.2, 0.25) is 0 Å². The van der Waals surface area contributed by atoms with Crippen molar-refractivity contribution >= 4 is 27.9 Å². The van der Waals surface area contributed by atoms with Crippen LogP contribution in [0.3, 0.4) is 0 Å². The Kier molecular flexibility index (Phi) is 4.49. The van der Waals surface area contributed by atoms with Crippen molar-refractivity contribution in [3.63, 3.8) is 0 Å². The third-order valence-electron chi connectivity index (χ3n) is 1.90. The number of carboxylic acids is 1. The minimum Gasteiger partial charge on any atom is -0.545 e. The fourth-order valence-electron chi connectivity index (χ4n) is 1.01. The zero-order valence-corrected chi connectivity index (χ0v) is 10.2. The van der Waals surface area contributed by atoms with E-state index < -0.39 is 5.97 Å². The van der Waals surface area contributed by atoms with Gasteiger partial charge in [-0.2, -0.15) is 0 Å². The summed E-state index contributed by atoms with van der Waals surface area (Å²) in [5.41, 5.74) is 0.829. The second kappa shape index (κ2) is 5.65. The van der Waals surface area contributed by atoms with E-state index in [-0.39, 0.29) is 23.0 Å². The van der Waals surface area contributed by atoms with E-state index in [2.05, 4.69) is 15.9 Å². The molecule has 0 aromatic heterocycles. The van der Waals surface area contributed by atoms with Crippen LogP contribution < -0.4 is 5.11 Å². The van der Waals surface area contributed by atoms with E-state index in [0.29, 0.717) is 0 Å². The highest BCUT2D eigenvalue weighted by molar-refractivity contribution is 9.10. The van der Waals surface area contributed by atoms with Gasteiger partial charge in [-0.15, -0.1) is 0 Å². The van der Waals surface area contributed by atoms with Gasteiger partial charge in [0.25, 0.3) is 0 Å².